The van der Waals surface area contributed by atoms with Gasteiger partial charge in [-0.1, -0.05) is 6.07 Å². The second-order valence-corrected chi connectivity index (χ2v) is 5.46. The van der Waals surface area contributed by atoms with E-state index in [1.165, 1.54) is 11.1 Å². The number of nitrogens with one attached hydrogen (secondary N) is 1. The van der Waals surface area contributed by atoms with Gasteiger partial charge in [0.1, 0.15) is 0 Å². The fourth-order valence-electron chi connectivity index (χ4n) is 2.82. The van der Waals surface area contributed by atoms with Crippen LogP contribution in [-0.2, 0) is 17.8 Å². The number of hydrogen-bond acceptors (Lipinski definition) is 4. The van der Waals surface area contributed by atoms with E-state index in [1.54, 1.807) is 6.20 Å². The Labute approximate surface area is 125 Å². The largest absolute Gasteiger partial charge is 0.373 e. The van der Waals surface area contributed by atoms with Crippen molar-refractivity contribution in [2.75, 3.05) is 13.2 Å². The topological polar surface area (TPSA) is 52.0 Å². The third-order valence-electron chi connectivity index (χ3n) is 3.98. The molecule has 1 aliphatic rings. The SMILES string of the molecule is CCn1cc([C@@H]2OCC[C@@H]2CNCc2cccnc2)cn1. The van der Waals surface area contributed by atoms with Crippen molar-refractivity contribution in [2.24, 2.45) is 5.92 Å². The predicted molar refractivity (Wildman–Crippen MR) is 80.6 cm³/mol. The highest BCUT2D eigenvalue weighted by molar-refractivity contribution is 5.12. The highest BCUT2D eigenvalue weighted by Crippen LogP contribution is 2.33. The molecular weight excluding hydrogens is 264 g/mol. The molecule has 0 radical (unpaired) electrons. The average molecular weight is 286 g/mol. The molecule has 0 amide bonds. The first-order valence-corrected chi connectivity index (χ1v) is 7.60. The van der Waals surface area contributed by atoms with Crippen LogP contribution in [0.4, 0.5) is 0 Å². The Hall–Kier alpha value is -1.72. The minimum absolute atomic E-state index is 0.173. The molecule has 1 N–H and O–H groups in total. The van der Waals surface area contributed by atoms with Crippen molar-refractivity contribution in [2.45, 2.75) is 32.5 Å². The number of aryl methyl sites for hydroxylation is 1. The molecule has 1 aliphatic heterocycles. The van der Waals surface area contributed by atoms with E-state index in [1.807, 2.05) is 23.1 Å². The van der Waals surface area contributed by atoms with Gasteiger partial charge in [-0.3, -0.25) is 9.67 Å². The molecule has 21 heavy (non-hydrogen) atoms. The lowest BCUT2D eigenvalue weighted by Crippen LogP contribution is -2.24. The van der Waals surface area contributed by atoms with E-state index >= 15 is 0 Å². The van der Waals surface area contributed by atoms with Gasteiger partial charge < -0.3 is 10.1 Å². The van der Waals surface area contributed by atoms with Crippen LogP contribution in [0.15, 0.2) is 36.9 Å². The van der Waals surface area contributed by atoms with Gasteiger partial charge in [-0.05, 0) is 25.0 Å². The van der Waals surface area contributed by atoms with Gasteiger partial charge in [-0.15, -0.1) is 0 Å². The molecule has 2 atom stereocenters. The molecule has 0 aromatic carbocycles. The molecule has 3 rings (SSSR count). The van der Waals surface area contributed by atoms with Gasteiger partial charge in [-0.25, -0.2) is 0 Å². The van der Waals surface area contributed by atoms with Crippen LogP contribution >= 0.6 is 0 Å². The van der Waals surface area contributed by atoms with Crippen molar-refractivity contribution >= 4 is 0 Å². The summed E-state index contributed by atoms with van der Waals surface area (Å²) in [5.74, 6) is 0.510. The van der Waals surface area contributed by atoms with Gasteiger partial charge in [0.25, 0.3) is 0 Å². The summed E-state index contributed by atoms with van der Waals surface area (Å²) in [7, 11) is 0. The summed E-state index contributed by atoms with van der Waals surface area (Å²) in [6.07, 6.45) is 9.02. The van der Waals surface area contributed by atoms with E-state index in [9.17, 15) is 0 Å². The number of ether oxygens (including phenoxy) is 1. The molecule has 1 saturated heterocycles. The van der Waals surface area contributed by atoms with E-state index in [0.717, 1.165) is 32.7 Å². The maximum absolute atomic E-state index is 5.91. The van der Waals surface area contributed by atoms with Crippen LogP contribution in [-0.4, -0.2) is 27.9 Å². The number of aromatic nitrogens is 3. The molecular formula is C16H22N4O. The highest BCUT2D eigenvalue weighted by Gasteiger charge is 2.30. The van der Waals surface area contributed by atoms with Gasteiger partial charge in [0.05, 0.1) is 12.3 Å². The number of rotatable bonds is 6. The normalized spacial score (nSPS) is 21.8. The molecule has 5 nitrogen and oxygen atoms in total. The van der Waals surface area contributed by atoms with Crippen LogP contribution in [0.5, 0.6) is 0 Å². The Bertz CT molecular complexity index is 554. The second-order valence-electron chi connectivity index (χ2n) is 5.46. The van der Waals surface area contributed by atoms with E-state index in [-0.39, 0.29) is 6.10 Å². The maximum atomic E-state index is 5.91. The molecule has 5 heteroatoms. The Morgan fingerprint density at radius 3 is 3.14 bits per heavy atom. The van der Waals surface area contributed by atoms with Crippen molar-refractivity contribution < 1.29 is 4.74 Å². The van der Waals surface area contributed by atoms with E-state index < -0.39 is 0 Å². The summed E-state index contributed by atoms with van der Waals surface area (Å²) in [6, 6.07) is 4.06. The smallest absolute Gasteiger partial charge is 0.0896 e. The van der Waals surface area contributed by atoms with Crippen LogP contribution < -0.4 is 5.32 Å². The molecule has 3 heterocycles. The summed E-state index contributed by atoms with van der Waals surface area (Å²) in [5, 5.41) is 7.87. The minimum Gasteiger partial charge on any atom is -0.373 e. The number of pyridine rings is 1. The van der Waals surface area contributed by atoms with Gasteiger partial charge in [-0.2, -0.15) is 5.10 Å². The number of hydrogen-bond donors (Lipinski definition) is 1. The third-order valence-corrected chi connectivity index (χ3v) is 3.98. The van der Waals surface area contributed by atoms with Crippen LogP contribution in [0.3, 0.4) is 0 Å². The first-order chi connectivity index (χ1) is 10.4. The van der Waals surface area contributed by atoms with Crippen LogP contribution in [0.2, 0.25) is 0 Å². The zero-order valence-electron chi connectivity index (χ0n) is 12.4. The van der Waals surface area contributed by atoms with Crippen molar-refractivity contribution in [3.05, 3.63) is 48.0 Å². The van der Waals surface area contributed by atoms with E-state index in [0.29, 0.717) is 5.92 Å². The van der Waals surface area contributed by atoms with Crippen LogP contribution in [0, 0.1) is 5.92 Å². The molecule has 0 bridgehead atoms. The van der Waals surface area contributed by atoms with Crippen LogP contribution in [0.1, 0.15) is 30.6 Å². The maximum Gasteiger partial charge on any atom is 0.0896 e. The quantitative estimate of drug-likeness (QED) is 0.884. The first-order valence-electron chi connectivity index (χ1n) is 7.60. The van der Waals surface area contributed by atoms with E-state index in [2.05, 4.69) is 34.6 Å². The standard InChI is InChI=1S/C16H22N4O/c1-2-20-12-15(11-19-20)16-14(5-7-21-16)10-18-9-13-4-3-6-17-8-13/h3-4,6,8,11-12,14,16,18H,2,5,7,9-10H2,1H3/t14-,16-/m1/s1. The third kappa shape index (κ3) is 3.49. The minimum atomic E-state index is 0.173. The molecule has 2 aromatic rings. The van der Waals surface area contributed by atoms with Crippen molar-refractivity contribution in [1.82, 2.24) is 20.1 Å². The molecule has 0 unspecified atom stereocenters. The van der Waals surface area contributed by atoms with Gasteiger partial charge >= 0.3 is 0 Å². The molecule has 1 fully saturated rings. The summed E-state index contributed by atoms with van der Waals surface area (Å²) in [5.41, 5.74) is 2.41. The zero-order valence-corrected chi connectivity index (χ0v) is 12.4. The fourth-order valence-corrected chi connectivity index (χ4v) is 2.82. The summed E-state index contributed by atoms with van der Waals surface area (Å²) < 4.78 is 7.86. The summed E-state index contributed by atoms with van der Waals surface area (Å²) in [6.45, 7) is 5.64. The Kier molecular flexibility index (Phi) is 4.62. The predicted octanol–water partition coefficient (Wildman–Crippen LogP) is 2.17. The molecule has 0 saturated carbocycles. The van der Waals surface area contributed by atoms with Crippen molar-refractivity contribution in [3.63, 3.8) is 0 Å². The summed E-state index contributed by atoms with van der Waals surface area (Å²) in [4.78, 5) is 4.13. The first kappa shape index (κ1) is 14.2. The monoisotopic (exact) mass is 286 g/mol. The highest BCUT2D eigenvalue weighted by atomic mass is 16.5. The molecule has 112 valence electrons. The average Bonchev–Trinajstić information content (AvgIpc) is 3.16. The zero-order chi connectivity index (χ0) is 14.5. The van der Waals surface area contributed by atoms with Crippen LogP contribution in [0.25, 0.3) is 0 Å². The van der Waals surface area contributed by atoms with Gasteiger partial charge in [0.2, 0.25) is 0 Å². The lowest BCUT2D eigenvalue weighted by molar-refractivity contribution is 0.0904. The fraction of sp³-hybridized carbons (Fsp3) is 0.500. The lowest BCUT2D eigenvalue weighted by Gasteiger charge is -2.17. The summed E-state index contributed by atoms with van der Waals surface area (Å²) >= 11 is 0. The molecule has 2 aromatic heterocycles. The second kappa shape index (κ2) is 6.83. The van der Waals surface area contributed by atoms with Gasteiger partial charge in [0, 0.05) is 56.3 Å². The Morgan fingerprint density at radius 1 is 1.43 bits per heavy atom. The lowest BCUT2D eigenvalue weighted by atomic mass is 9.97. The van der Waals surface area contributed by atoms with Gasteiger partial charge in [0.15, 0.2) is 0 Å². The Balaban J connectivity index is 1.54. The number of nitrogens with zero attached hydrogens (tertiary/aromatic N) is 3. The Morgan fingerprint density at radius 2 is 2.38 bits per heavy atom. The van der Waals surface area contributed by atoms with E-state index in [4.69, 9.17) is 4.74 Å². The molecule has 0 spiro atoms. The molecule has 0 aliphatic carbocycles. The van der Waals surface area contributed by atoms with Crippen molar-refractivity contribution in [3.8, 4) is 0 Å². The van der Waals surface area contributed by atoms with Crippen molar-refractivity contribution in [1.29, 1.82) is 0 Å².